The van der Waals surface area contributed by atoms with Crippen LogP contribution in [0.4, 0.5) is 11.4 Å². The van der Waals surface area contributed by atoms with Gasteiger partial charge in [0.2, 0.25) is 0 Å². The fourth-order valence-electron chi connectivity index (χ4n) is 1.84. The summed E-state index contributed by atoms with van der Waals surface area (Å²) in [4.78, 5) is 14.6. The number of ether oxygens (including phenoxy) is 1. The number of nitro groups is 1. The summed E-state index contributed by atoms with van der Waals surface area (Å²) in [5.41, 5.74) is 6.49. The lowest BCUT2D eigenvalue weighted by Crippen LogP contribution is -1.95. The van der Waals surface area contributed by atoms with E-state index in [1.807, 2.05) is 0 Å². The average Bonchev–Trinajstić information content (AvgIpc) is 2.85. The molecule has 0 amide bonds. The highest BCUT2D eigenvalue weighted by molar-refractivity contribution is 5.79. The minimum atomic E-state index is -0.475. The molecule has 0 aliphatic rings. The van der Waals surface area contributed by atoms with Gasteiger partial charge in [-0.15, -0.1) is 0 Å². The van der Waals surface area contributed by atoms with Crippen molar-refractivity contribution in [2.75, 3.05) is 7.11 Å². The highest BCUT2D eigenvalue weighted by atomic mass is 16.6. The van der Waals surface area contributed by atoms with Gasteiger partial charge in [-0.05, 0) is 6.07 Å². The van der Waals surface area contributed by atoms with E-state index < -0.39 is 4.92 Å². The monoisotopic (exact) mass is 275 g/mol. The molecule has 0 unspecified atom stereocenters. The molecule has 1 aromatic carbocycles. The highest BCUT2D eigenvalue weighted by Crippen LogP contribution is 2.39. The zero-order chi connectivity index (χ0) is 14.7. The second-order valence-electron chi connectivity index (χ2n) is 3.98. The smallest absolute Gasteiger partial charge is 0.279 e. The molecule has 20 heavy (non-hydrogen) atoms. The van der Waals surface area contributed by atoms with Gasteiger partial charge in [0.1, 0.15) is 11.4 Å². The fraction of sp³-hybridized carbons (Fsp3) is 0.167. The third kappa shape index (κ3) is 2.44. The highest BCUT2D eigenvalue weighted by Gasteiger charge is 2.20. The molecule has 0 spiro atoms. The van der Waals surface area contributed by atoms with Crippen LogP contribution >= 0.6 is 0 Å². The molecular weight excluding hydrogens is 262 g/mol. The average molecular weight is 275 g/mol. The first kappa shape index (κ1) is 13.5. The van der Waals surface area contributed by atoms with Crippen LogP contribution in [-0.2, 0) is 7.05 Å². The van der Waals surface area contributed by atoms with Crippen molar-refractivity contribution in [3.05, 3.63) is 34.6 Å². The number of aliphatic imine (C=N–C) groups is 1. The molecule has 2 rings (SSSR count). The SMILES string of the molecule is COc1cc(-c2cnn(C)c2)c([N+](=O)[O-])cc1N=CN. The largest absolute Gasteiger partial charge is 0.494 e. The van der Waals surface area contributed by atoms with Gasteiger partial charge in [0.25, 0.3) is 5.69 Å². The molecule has 0 radical (unpaired) electrons. The number of methoxy groups -OCH3 is 1. The Morgan fingerprint density at radius 2 is 2.30 bits per heavy atom. The van der Waals surface area contributed by atoms with E-state index in [0.29, 0.717) is 22.6 Å². The van der Waals surface area contributed by atoms with E-state index in [1.165, 1.54) is 13.2 Å². The summed E-state index contributed by atoms with van der Waals surface area (Å²) in [6.07, 6.45) is 4.30. The number of nitrogens with two attached hydrogens (primary N) is 1. The topological polar surface area (TPSA) is 109 Å². The summed E-state index contributed by atoms with van der Waals surface area (Å²) in [7, 11) is 3.20. The number of aromatic nitrogens is 2. The normalized spacial score (nSPS) is 10.9. The van der Waals surface area contributed by atoms with Gasteiger partial charge in [-0.25, -0.2) is 4.99 Å². The number of benzene rings is 1. The third-order valence-corrected chi connectivity index (χ3v) is 2.72. The van der Waals surface area contributed by atoms with Crippen LogP contribution in [0.2, 0.25) is 0 Å². The summed E-state index contributed by atoms with van der Waals surface area (Å²) in [5, 5.41) is 15.2. The fourth-order valence-corrected chi connectivity index (χ4v) is 1.84. The Labute approximate surface area is 114 Å². The van der Waals surface area contributed by atoms with E-state index >= 15 is 0 Å². The number of hydrogen-bond acceptors (Lipinski definition) is 5. The predicted octanol–water partition coefficient (Wildman–Crippen LogP) is 1.62. The lowest BCUT2D eigenvalue weighted by atomic mass is 10.1. The van der Waals surface area contributed by atoms with Gasteiger partial charge < -0.3 is 10.5 Å². The molecule has 1 aromatic heterocycles. The lowest BCUT2D eigenvalue weighted by Gasteiger charge is -2.07. The van der Waals surface area contributed by atoms with Gasteiger partial charge in [-0.2, -0.15) is 5.10 Å². The second kappa shape index (κ2) is 5.39. The molecule has 0 saturated heterocycles. The number of rotatable bonds is 4. The van der Waals surface area contributed by atoms with Crippen molar-refractivity contribution < 1.29 is 9.66 Å². The lowest BCUT2D eigenvalue weighted by molar-refractivity contribution is -0.384. The molecule has 0 aliphatic heterocycles. The van der Waals surface area contributed by atoms with E-state index in [-0.39, 0.29) is 5.69 Å². The van der Waals surface area contributed by atoms with Gasteiger partial charge in [0, 0.05) is 24.9 Å². The maximum atomic E-state index is 11.2. The van der Waals surface area contributed by atoms with Crippen LogP contribution in [0.3, 0.4) is 0 Å². The van der Waals surface area contributed by atoms with Crippen LogP contribution in [0, 0.1) is 10.1 Å². The molecule has 2 aromatic rings. The van der Waals surface area contributed by atoms with Crippen molar-refractivity contribution in [1.82, 2.24) is 9.78 Å². The number of aryl methyl sites for hydroxylation is 1. The number of nitrogens with zero attached hydrogens (tertiary/aromatic N) is 4. The van der Waals surface area contributed by atoms with Crippen molar-refractivity contribution in [3.63, 3.8) is 0 Å². The summed E-state index contributed by atoms with van der Waals surface area (Å²) >= 11 is 0. The Bertz CT molecular complexity index is 678. The minimum absolute atomic E-state index is 0.0839. The van der Waals surface area contributed by atoms with Crippen LogP contribution in [-0.4, -0.2) is 28.2 Å². The van der Waals surface area contributed by atoms with Crippen molar-refractivity contribution in [2.45, 2.75) is 0 Å². The van der Waals surface area contributed by atoms with Gasteiger partial charge in [-0.3, -0.25) is 14.8 Å². The summed E-state index contributed by atoms with van der Waals surface area (Å²) in [5.74, 6) is 0.399. The first-order valence-electron chi connectivity index (χ1n) is 5.66. The standard InChI is InChI=1S/C12H13N5O3/c1-16-6-8(5-15-16)9-3-12(20-2)10(14-7-13)4-11(9)17(18)19/h3-7H,1-2H3,(H2,13,14). The first-order valence-corrected chi connectivity index (χ1v) is 5.66. The summed E-state index contributed by atoms with van der Waals surface area (Å²) in [6, 6.07) is 2.88. The Kier molecular flexibility index (Phi) is 3.65. The summed E-state index contributed by atoms with van der Waals surface area (Å²) < 4.78 is 6.75. The van der Waals surface area contributed by atoms with Crippen LogP contribution in [0.5, 0.6) is 5.75 Å². The third-order valence-electron chi connectivity index (χ3n) is 2.72. The Balaban J connectivity index is 2.69. The quantitative estimate of drug-likeness (QED) is 0.394. The Morgan fingerprint density at radius 1 is 1.55 bits per heavy atom. The van der Waals surface area contributed by atoms with Crippen LogP contribution in [0.25, 0.3) is 11.1 Å². The molecular formula is C12H13N5O3. The van der Waals surface area contributed by atoms with E-state index in [0.717, 1.165) is 6.34 Å². The van der Waals surface area contributed by atoms with Crippen molar-refractivity contribution in [2.24, 2.45) is 17.8 Å². The molecule has 104 valence electrons. The van der Waals surface area contributed by atoms with Crippen LogP contribution in [0.1, 0.15) is 0 Å². The van der Waals surface area contributed by atoms with E-state index in [1.54, 1.807) is 30.2 Å². The van der Waals surface area contributed by atoms with Crippen LogP contribution in [0.15, 0.2) is 29.5 Å². The van der Waals surface area contributed by atoms with Crippen molar-refractivity contribution in [3.8, 4) is 16.9 Å². The molecule has 2 N–H and O–H groups in total. The predicted molar refractivity (Wildman–Crippen MR) is 74.2 cm³/mol. The zero-order valence-electron chi connectivity index (χ0n) is 11.0. The van der Waals surface area contributed by atoms with E-state index in [2.05, 4.69) is 10.1 Å². The molecule has 0 bridgehead atoms. The Morgan fingerprint density at radius 3 is 2.80 bits per heavy atom. The number of nitro benzene ring substituents is 1. The van der Waals surface area contributed by atoms with Gasteiger partial charge in [-0.1, -0.05) is 0 Å². The molecule has 8 nitrogen and oxygen atoms in total. The van der Waals surface area contributed by atoms with E-state index in [4.69, 9.17) is 10.5 Å². The molecule has 0 atom stereocenters. The molecule has 0 fully saturated rings. The number of hydrogen-bond donors (Lipinski definition) is 1. The Hall–Kier alpha value is -2.90. The van der Waals surface area contributed by atoms with Crippen molar-refractivity contribution in [1.29, 1.82) is 0 Å². The maximum Gasteiger partial charge on any atom is 0.279 e. The van der Waals surface area contributed by atoms with Crippen LogP contribution < -0.4 is 10.5 Å². The van der Waals surface area contributed by atoms with Gasteiger partial charge in [0.15, 0.2) is 0 Å². The second-order valence-corrected chi connectivity index (χ2v) is 3.98. The minimum Gasteiger partial charge on any atom is -0.494 e. The van der Waals surface area contributed by atoms with E-state index in [9.17, 15) is 10.1 Å². The molecule has 0 saturated carbocycles. The zero-order valence-corrected chi connectivity index (χ0v) is 11.0. The molecule has 0 aliphatic carbocycles. The van der Waals surface area contributed by atoms with Crippen molar-refractivity contribution >= 4 is 17.7 Å². The van der Waals surface area contributed by atoms with Gasteiger partial charge in [0.05, 0.1) is 30.1 Å². The maximum absolute atomic E-state index is 11.2. The van der Waals surface area contributed by atoms with Gasteiger partial charge >= 0.3 is 0 Å². The molecule has 1 heterocycles. The summed E-state index contributed by atoms with van der Waals surface area (Å²) in [6.45, 7) is 0. The first-order chi connectivity index (χ1) is 9.56. The molecule has 8 heteroatoms.